The number of pyridine rings is 1. The molecule has 1 aromatic heterocycles. The predicted octanol–water partition coefficient (Wildman–Crippen LogP) is 8.39. The number of fused-ring (bicyclic) bond motifs is 2. The molecule has 0 aliphatic rings. The van der Waals surface area contributed by atoms with Crippen LogP contribution in [0.2, 0.25) is 0 Å². The summed E-state index contributed by atoms with van der Waals surface area (Å²) in [5, 5.41) is 4.92. The zero-order valence-electron chi connectivity index (χ0n) is 17.6. The lowest BCUT2D eigenvalue weighted by atomic mass is 9.84. The third-order valence-corrected chi connectivity index (χ3v) is 6.11. The van der Waals surface area contributed by atoms with E-state index >= 15 is 0 Å². The van der Waals surface area contributed by atoms with Gasteiger partial charge in [0, 0.05) is 17.3 Å². The van der Waals surface area contributed by atoms with Crippen LogP contribution in [-0.2, 0) is 0 Å². The predicted molar refractivity (Wildman–Crippen MR) is 136 cm³/mol. The quantitative estimate of drug-likeness (QED) is 0.287. The molecular weight excluding hydrogens is 386 g/mol. The molecule has 1 nitrogen and oxygen atoms in total. The summed E-state index contributed by atoms with van der Waals surface area (Å²) in [6.07, 6.45) is 1.88. The summed E-state index contributed by atoms with van der Waals surface area (Å²) in [5.41, 5.74) is 7.06. The standard InChI is InChI=1S/C31H21N/c1-2-11-23(12-3-1)28-21-24-14-5-7-17-26(24)31(29-19-8-9-20-32-29)30(28)27-18-10-15-22-13-4-6-16-25(22)27/h1-21H. The van der Waals surface area contributed by atoms with Gasteiger partial charge in [0.1, 0.15) is 0 Å². The molecule has 150 valence electrons. The van der Waals surface area contributed by atoms with Crippen LogP contribution in [0.5, 0.6) is 0 Å². The Bertz CT molecular complexity index is 1550. The van der Waals surface area contributed by atoms with Crippen molar-refractivity contribution in [1.29, 1.82) is 0 Å². The molecule has 0 spiro atoms. The minimum atomic E-state index is 0.990. The van der Waals surface area contributed by atoms with Crippen molar-refractivity contribution in [3.63, 3.8) is 0 Å². The van der Waals surface area contributed by atoms with E-state index in [1.165, 1.54) is 49.4 Å². The van der Waals surface area contributed by atoms with Crippen molar-refractivity contribution in [2.45, 2.75) is 0 Å². The summed E-state index contributed by atoms with van der Waals surface area (Å²) in [4.78, 5) is 4.80. The molecule has 0 atom stereocenters. The maximum absolute atomic E-state index is 4.80. The highest BCUT2D eigenvalue weighted by molar-refractivity contribution is 6.13. The van der Waals surface area contributed by atoms with Gasteiger partial charge in [0.2, 0.25) is 0 Å². The second-order valence-electron chi connectivity index (χ2n) is 8.00. The smallest absolute Gasteiger partial charge is 0.0714 e. The Morgan fingerprint density at radius 1 is 0.438 bits per heavy atom. The van der Waals surface area contributed by atoms with Crippen LogP contribution in [-0.4, -0.2) is 4.98 Å². The number of hydrogen-bond acceptors (Lipinski definition) is 1. The van der Waals surface area contributed by atoms with E-state index in [1.54, 1.807) is 0 Å². The van der Waals surface area contributed by atoms with Crippen molar-refractivity contribution in [3.8, 4) is 33.5 Å². The lowest BCUT2D eigenvalue weighted by molar-refractivity contribution is 1.33. The highest BCUT2D eigenvalue weighted by Gasteiger charge is 2.20. The molecule has 0 N–H and O–H groups in total. The minimum Gasteiger partial charge on any atom is -0.256 e. The number of rotatable bonds is 3. The van der Waals surface area contributed by atoms with E-state index in [0.29, 0.717) is 0 Å². The molecule has 0 fully saturated rings. The van der Waals surface area contributed by atoms with Gasteiger partial charge in [-0.2, -0.15) is 0 Å². The third-order valence-electron chi connectivity index (χ3n) is 6.11. The van der Waals surface area contributed by atoms with Gasteiger partial charge in [0.15, 0.2) is 0 Å². The maximum Gasteiger partial charge on any atom is 0.0714 e. The Kier molecular flexibility index (Phi) is 4.51. The molecule has 5 aromatic carbocycles. The Morgan fingerprint density at radius 2 is 1.12 bits per heavy atom. The second-order valence-corrected chi connectivity index (χ2v) is 8.00. The van der Waals surface area contributed by atoms with Gasteiger partial charge in [-0.1, -0.05) is 103 Å². The van der Waals surface area contributed by atoms with Crippen LogP contribution in [0.15, 0.2) is 128 Å². The molecule has 1 heteroatoms. The summed E-state index contributed by atoms with van der Waals surface area (Å²) in [7, 11) is 0. The zero-order chi connectivity index (χ0) is 21.3. The lowest BCUT2D eigenvalue weighted by Crippen LogP contribution is -1.95. The zero-order valence-corrected chi connectivity index (χ0v) is 17.6. The Morgan fingerprint density at radius 3 is 1.94 bits per heavy atom. The van der Waals surface area contributed by atoms with E-state index in [2.05, 4.69) is 115 Å². The monoisotopic (exact) mass is 407 g/mol. The van der Waals surface area contributed by atoms with Crippen molar-refractivity contribution in [1.82, 2.24) is 4.98 Å². The van der Waals surface area contributed by atoms with Gasteiger partial charge >= 0.3 is 0 Å². The molecule has 1 heterocycles. The van der Waals surface area contributed by atoms with E-state index < -0.39 is 0 Å². The van der Waals surface area contributed by atoms with Crippen molar-refractivity contribution in [2.75, 3.05) is 0 Å². The number of aromatic nitrogens is 1. The van der Waals surface area contributed by atoms with Crippen LogP contribution in [0.1, 0.15) is 0 Å². The molecule has 6 rings (SSSR count). The first-order chi connectivity index (χ1) is 15.9. The largest absolute Gasteiger partial charge is 0.256 e. The summed E-state index contributed by atoms with van der Waals surface area (Å²) < 4.78 is 0. The Hall–Kier alpha value is -4.23. The van der Waals surface area contributed by atoms with Crippen LogP contribution in [0.4, 0.5) is 0 Å². The van der Waals surface area contributed by atoms with Gasteiger partial charge in [-0.15, -0.1) is 0 Å². The van der Waals surface area contributed by atoms with Gasteiger partial charge in [-0.3, -0.25) is 4.98 Å². The van der Waals surface area contributed by atoms with E-state index in [0.717, 1.165) is 5.69 Å². The van der Waals surface area contributed by atoms with Gasteiger partial charge < -0.3 is 0 Å². The fourth-order valence-corrected chi connectivity index (χ4v) is 4.69. The Balaban J connectivity index is 1.84. The van der Waals surface area contributed by atoms with Crippen molar-refractivity contribution in [3.05, 3.63) is 128 Å². The highest BCUT2D eigenvalue weighted by Crippen LogP contribution is 2.46. The van der Waals surface area contributed by atoms with E-state index in [-0.39, 0.29) is 0 Å². The fourth-order valence-electron chi connectivity index (χ4n) is 4.69. The molecule has 0 radical (unpaired) electrons. The van der Waals surface area contributed by atoms with Crippen LogP contribution < -0.4 is 0 Å². The van der Waals surface area contributed by atoms with Gasteiger partial charge in [0.25, 0.3) is 0 Å². The average Bonchev–Trinajstić information content (AvgIpc) is 2.88. The molecule has 0 amide bonds. The van der Waals surface area contributed by atoms with Crippen LogP contribution >= 0.6 is 0 Å². The first kappa shape index (κ1) is 18.5. The maximum atomic E-state index is 4.80. The summed E-state index contributed by atoms with van der Waals surface area (Å²) in [5.74, 6) is 0. The second kappa shape index (κ2) is 7.79. The Labute approximate surface area is 187 Å². The minimum absolute atomic E-state index is 0.990. The third kappa shape index (κ3) is 3.07. The van der Waals surface area contributed by atoms with Gasteiger partial charge in [-0.25, -0.2) is 0 Å². The number of benzene rings is 5. The normalized spacial score (nSPS) is 11.1. The summed E-state index contributed by atoms with van der Waals surface area (Å²) in [6.45, 7) is 0. The molecule has 32 heavy (non-hydrogen) atoms. The van der Waals surface area contributed by atoms with Crippen LogP contribution in [0.3, 0.4) is 0 Å². The van der Waals surface area contributed by atoms with Crippen LogP contribution in [0.25, 0.3) is 55.1 Å². The lowest BCUT2D eigenvalue weighted by Gasteiger charge is -2.20. The highest BCUT2D eigenvalue weighted by atomic mass is 14.7. The van der Waals surface area contributed by atoms with Crippen molar-refractivity contribution in [2.24, 2.45) is 0 Å². The molecule has 0 bridgehead atoms. The van der Waals surface area contributed by atoms with E-state index in [9.17, 15) is 0 Å². The molecular formula is C31H21N. The fraction of sp³-hybridized carbons (Fsp3) is 0. The number of hydrogen-bond donors (Lipinski definition) is 0. The average molecular weight is 408 g/mol. The molecule has 0 saturated carbocycles. The molecule has 0 unspecified atom stereocenters. The molecule has 6 aromatic rings. The van der Waals surface area contributed by atoms with E-state index in [1.807, 2.05) is 12.3 Å². The summed E-state index contributed by atoms with van der Waals surface area (Å²) >= 11 is 0. The van der Waals surface area contributed by atoms with E-state index in [4.69, 9.17) is 4.98 Å². The van der Waals surface area contributed by atoms with Crippen LogP contribution in [0, 0.1) is 0 Å². The first-order valence-corrected chi connectivity index (χ1v) is 10.9. The van der Waals surface area contributed by atoms with Crippen molar-refractivity contribution < 1.29 is 0 Å². The van der Waals surface area contributed by atoms with Gasteiger partial charge in [-0.05, 0) is 56.4 Å². The first-order valence-electron chi connectivity index (χ1n) is 10.9. The number of nitrogens with zero attached hydrogens (tertiary/aromatic N) is 1. The summed E-state index contributed by atoms with van der Waals surface area (Å²) in [6, 6.07) is 43.0. The SMILES string of the molecule is c1ccc(-c2cc3ccccc3c(-c3ccccn3)c2-c2cccc3ccccc23)cc1. The molecule has 0 saturated heterocycles. The molecule has 0 aliphatic heterocycles. The molecule has 0 aliphatic carbocycles. The topological polar surface area (TPSA) is 12.9 Å². The van der Waals surface area contributed by atoms with Crippen molar-refractivity contribution >= 4 is 21.5 Å². The van der Waals surface area contributed by atoms with Gasteiger partial charge in [0.05, 0.1) is 5.69 Å².